The third-order valence-corrected chi connectivity index (χ3v) is 4.66. The SMILES string of the molecule is CC(C(O)c1ccccc1)N(C)C(=O)C=Cc1ccc(Cl)c(Cl)c1. The molecule has 24 heavy (non-hydrogen) atoms. The molecule has 2 rings (SSSR count). The maximum absolute atomic E-state index is 12.3. The monoisotopic (exact) mass is 363 g/mol. The van der Waals surface area contributed by atoms with Gasteiger partial charge in [0.05, 0.1) is 22.2 Å². The van der Waals surface area contributed by atoms with Crippen LogP contribution in [0.5, 0.6) is 0 Å². The van der Waals surface area contributed by atoms with E-state index in [4.69, 9.17) is 23.2 Å². The van der Waals surface area contributed by atoms with Gasteiger partial charge >= 0.3 is 0 Å². The van der Waals surface area contributed by atoms with Crippen molar-refractivity contribution in [1.82, 2.24) is 4.90 Å². The Bertz CT molecular complexity index is 731. The number of carbonyl (C=O) groups is 1. The topological polar surface area (TPSA) is 40.5 Å². The van der Waals surface area contributed by atoms with E-state index in [9.17, 15) is 9.90 Å². The first-order chi connectivity index (χ1) is 11.4. The number of nitrogens with zero attached hydrogens (tertiary/aromatic N) is 1. The van der Waals surface area contributed by atoms with E-state index in [2.05, 4.69) is 0 Å². The van der Waals surface area contributed by atoms with Gasteiger partial charge in [0.1, 0.15) is 0 Å². The van der Waals surface area contributed by atoms with Gasteiger partial charge in [0, 0.05) is 13.1 Å². The van der Waals surface area contributed by atoms with Gasteiger partial charge in [-0.1, -0.05) is 59.6 Å². The summed E-state index contributed by atoms with van der Waals surface area (Å²) in [7, 11) is 1.67. The lowest BCUT2D eigenvalue weighted by Gasteiger charge is -2.28. The lowest BCUT2D eigenvalue weighted by Crippen LogP contribution is -2.38. The van der Waals surface area contributed by atoms with E-state index in [-0.39, 0.29) is 11.9 Å². The van der Waals surface area contributed by atoms with Gasteiger partial charge in [0.15, 0.2) is 0 Å². The van der Waals surface area contributed by atoms with E-state index >= 15 is 0 Å². The Kier molecular flexibility index (Phi) is 6.44. The van der Waals surface area contributed by atoms with E-state index in [0.717, 1.165) is 11.1 Å². The predicted octanol–water partition coefficient (Wildman–Crippen LogP) is 4.59. The maximum atomic E-state index is 12.3. The second-order valence-electron chi connectivity index (χ2n) is 5.55. The zero-order valence-electron chi connectivity index (χ0n) is 13.5. The first-order valence-corrected chi connectivity index (χ1v) is 8.28. The number of rotatable bonds is 5. The normalized spacial score (nSPS) is 13.7. The Morgan fingerprint density at radius 2 is 1.79 bits per heavy atom. The van der Waals surface area contributed by atoms with Gasteiger partial charge in [-0.3, -0.25) is 4.79 Å². The molecule has 2 atom stereocenters. The van der Waals surface area contributed by atoms with Gasteiger partial charge in [-0.25, -0.2) is 0 Å². The average molecular weight is 364 g/mol. The molecule has 2 unspecified atom stereocenters. The van der Waals surface area contributed by atoms with Crippen LogP contribution in [0.1, 0.15) is 24.2 Å². The summed E-state index contributed by atoms with van der Waals surface area (Å²) < 4.78 is 0. The maximum Gasteiger partial charge on any atom is 0.246 e. The number of aliphatic hydroxyl groups excluding tert-OH is 1. The molecule has 0 radical (unpaired) electrons. The van der Waals surface area contributed by atoms with Crippen molar-refractivity contribution in [3.05, 3.63) is 75.8 Å². The molecule has 1 amide bonds. The molecule has 5 heteroatoms. The largest absolute Gasteiger partial charge is 0.386 e. The second kappa shape index (κ2) is 8.34. The van der Waals surface area contributed by atoms with Crippen molar-refractivity contribution in [3.63, 3.8) is 0 Å². The number of likely N-dealkylation sites (N-methyl/N-ethyl adjacent to an activating group) is 1. The van der Waals surface area contributed by atoms with Crippen molar-refractivity contribution in [2.75, 3.05) is 7.05 Å². The zero-order valence-corrected chi connectivity index (χ0v) is 15.0. The first kappa shape index (κ1) is 18.5. The molecule has 0 saturated carbocycles. The molecule has 1 N–H and O–H groups in total. The van der Waals surface area contributed by atoms with E-state index in [1.54, 1.807) is 31.3 Å². The van der Waals surface area contributed by atoms with E-state index in [1.165, 1.54) is 11.0 Å². The number of carbonyl (C=O) groups excluding carboxylic acids is 1. The van der Waals surface area contributed by atoms with Crippen LogP contribution in [0.3, 0.4) is 0 Å². The van der Waals surface area contributed by atoms with Crippen molar-refractivity contribution in [1.29, 1.82) is 0 Å². The molecule has 126 valence electrons. The van der Waals surface area contributed by atoms with Crippen LogP contribution in [0.4, 0.5) is 0 Å². The molecule has 0 heterocycles. The summed E-state index contributed by atoms with van der Waals surface area (Å²) in [4.78, 5) is 13.8. The Morgan fingerprint density at radius 1 is 1.12 bits per heavy atom. The molecular formula is C19H19Cl2NO2. The molecule has 0 aliphatic rings. The van der Waals surface area contributed by atoms with Crippen LogP contribution < -0.4 is 0 Å². The summed E-state index contributed by atoms with van der Waals surface area (Å²) in [6, 6.07) is 14.1. The minimum atomic E-state index is -0.751. The number of aliphatic hydroxyl groups is 1. The van der Waals surface area contributed by atoms with Crippen LogP contribution >= 0.6 is 23.2 Å². The summed E-state index contributed by atoms with van der Waals surface area (Å²) in [6.45, 7) is 1.81. The number of benzene rings is 2. The predicted molar refractivity (Wildman–Crippen MR) is 99.1 cm³/mol. The van der Waals surface area contributed by atoms with Gasteiger partial charge < -0.3 is 10.0 Å². The van der Waals surface area contributed by atoms with Gasteiger partial charge in [-0.05, 0) is 36.3 Å². The molecule has 0 fully saturated rings. The van der Waals surface area contributed by atoms with E-state index in [0.29, 0.717) is 10.0 Å². The smallest absolute Gasteiger partial charge is 0.246 e. The molecule has 0 aromatic heterocycles. The average Bonchev–Trinajstić information content (AvgIpc) is 2.61. The van der Waals surface area contributed by atoms with Crippen molar-refractivity contribution in [2.24, 2.45) is 0 Å². The van der Waals surface area contributed by atoms with Gasteiger partial charge in [0.2, 0.25) is 5.91 Å². The Balaban J connectivity index is 2.05. The number of hydrogen-bond donors (Lipinski definition) is 1. The highest BCUT2D eigenvalue weighted by molar-refractivity contribution is 6.42. The van der Waals surface area contributed by atoms with Crippen molar-refractivity contribution < 1.29 is 9.90 Å². The fourth-order valence-corrected chi connectivity index (χ4v) is 2.55. The van der Waals surface area contributed by atoms with Crippen molar-refractivity contribution in [3.8, 4) is 0 Å². The van der Waals surface area contributed by atoms with E-state index in [1.807, 2.05) is 37.3 Å². The van der Waals surface area contributed by atoms with Crippen molar-refractivity contribution in [2.45, 2.75) is 19.1 Å². The van der Waals surface area contributed by atoms with Crippen LogP contribution in [0.2, 0.25) is 10.0 Å². The summed E-state index contributed by atoms with van der Waals surface area (Å²) in [5.74, 6) is -0.205. The molecule has 0 saturated heterocycles. The molecule has 2 aromatic carbocycles. The van der Waals surface area contributed by atoms with Crippen molar-refractivity contribution >= 4 is 35.2 Å². The minimum Gasteiger partial charge on any atom is -0.386 e. The number of hydrogen-bond acceptors (Lipinski definition) is 2. The lowest BCUT2D eigenvalue weighted by molar-refractivity contribution is -0.128. The molecule has 2 aromatic rings. The molecule has 0 aliphatic carbocycles. The van der Waals surface area contributed by atoms with Crippen LogP contribution in [0, 0.1) is 0 Å². The third kappa shape index (κ3) is 4.60. The lowest BCUT2D eigenvalue weighted by atomic mass is 10.0. The Morgan fingerprint density at radius 3 is 2.42 bits per heavy atom. The minimum absolute atomic E-state index is 0.205. The van der Waals surface area contributed by atoms with Gasteiger partial charge in [0.25, 0.3) is 0 Å². The fraction of sp³-hybridized carbons (Fsp3) is 0.211. The van der Waals surface area contributed by atoms with Crippen LogP contribution in [0.25, 0.3) is 6.08 Å². The highest BCUT2D eigenvalue weighted by Crippen LogP contribution is 2.23. The summed E-state index contributed by atoms with van der Waals surface area (Å²) in [5.41, 5.74) is 1.56. The molecule has 0 spiro atoms. The van der Waals surface area contributed by atoms with E-state index < -0.39 is 6.10 Å². The number of halogens is 2. The highest BCUT2D eigenvalue weighted by atomic mass is 35.5. The highest BCUT2D eigenvalue weighted by Gasteiger charge is 2.22. The van der Waals surface area contributed by atoms with Gasteiger partial charge in [-0.15, -0.1) is 0 Å². The molecule has 0 bridgehead atoms. The quantitative estimate of drug-likeness (QED) is 0.789. The standard InChI is InChI=1S/C19H19Cl2NO2/c1-13(19(24)15-6-4-3-5-7-15)22(2)18(23)11-9-14-8-10-16(20)17(21)12-14/h3-13,19,24H,1-2H3. The van der Waals surface area contributed by atoms with Crippen LogP contribution in [-0.2, 0) is 4.79 Å². The summed E-state index contributed by atoms with van der Waals surface area (Å²) in [5, 5.41) is 11.3. The van der Waals surface area contributed by atoms with Crippen LogP contribution in [-0.4, -0.2) is 29.0 Å². The Hall–Kier alpha value is -1.81. The summed E-state index contributed by atoms with van der Waals surface area (Å²) in [6.07, 6.45) is 2.37. The van der Waals surface area contributed by atoms with Crippen LogP contribution in [0.15, 0.2) is 54.6 Å². The molecule has 0 aliphatic heterocycles. The number of amides is 1. The third-order valence-electron chi connectivity index (χ3n) is 3.92. The second-order valence-corrected chi connectivity index (χ2v) is 6.37. The summed E-state index contributed by atoms with van der Waals surface area (Å²) >= 11 is 11.8. The fourth-order valence-electron chi connectivity index (χ4n) is 2.24. The van der Waals surface area contributed by atoms with Gasteiger partial charge in [-0.2, -0.15) is 0 Å². The molecule has 3 nitrogen and oxygen atoms in total. The zero-order chi connectivity index (χ0) is 17.7. The Labute approximate surface area is 152 Å². The first-order valence-electron chi connectivity index (χ1n) is 7.53. The molecular weight excluding hydrogens is 345 g/mol.